The lowest BCUT2D eigenvalue weighted by atomic mass is 10.1. The molecule has 0 spiro atoms. The van der Waals surface area contributed by atoms with E-state index in [2.05, 4.69) is 5.32 Å². The van der Waals surface area contributed by atoms with Crippen LogP contribution in [0.15, 0.2) is 18.2 Å². The Balaban J connectivity index is 1.79. The molecule has 0 aromatic heterocycles. The SMILES string of the molecule is CCOCCCNC(=O)[C@@H]1CC(=O)N(CCc2ccc(OC)c(OC)c2)C1. The van der Waals surface area contributed by atoms with E-state index in [9.17, 15) is 9.59 Å². The minimum atomic E-state index is -0.269. The first-order valence-electron chi connectivity index (χ1n) is 9.43. The molecule has 1 aliphatic rings. The molecule has 2 rings (SSSR count). The summed E-state index contributed by atoms with van der Waals surface area (Å²) in [6, 6.07) is 5.74. The molecule has 0 saturated carbocycles. The number of hydrogen-bond donors (Lipinski definition) is 1. The van der Waals surface area contributed by atoms with Crippen LogP contribution in [0.5, 0.6) is 11.5 Å². The zero-order valence-corrected chi connectivity index (χ0v) is 16.5. The maximum Gasteiger partial charge on any atom is 0.225 e. The van der Waals surface area contributed by atoms with Gasteiger partial charge in [-0.2, -0.15) is 0 Å². The van der Waals surface area contributed by atoms with Gasteiger partial charge in [-0.1, -0.05) is 6.07 Å². The highest BCUT2D eigenvalue weighted by Gasteiger charge is 2.33. The van der Waals surface area contributed by atoms with Crippen LogP contribution in [0.1, 0.15) is 25.3 Å². The lowest BCUT2D eigenvalue weighted by Gasteiger charge is -2.17. The fourth-order valence-electron chi connectivity index (χ4n) is 3.14. The third kappa shape index (κ3) is 6.13. The molecule has 0 aliphatic carbocycles. The molecule has 1 saturated heterocycles. The molecule has 1 atom stereocenters. The number of likely N-dealkylation sites (tertiary alicyclic amines) is 1. The molecule has 1 heterocycles. The number of amides is 2. The molecular weight excluding hydrogens is 348 g/mol. The normalized spacial score (nSPS) is 16.5. The summed E-state index contributed by atoms with van der Waals surface area (Å²) in [4.78, 5) is 26.2. The van der Waals surface area contributed by atoms with Crippen molar-refractivity contribution in [2.75, 3.05) is 47.1 Å². The minimum Gasteiger partial charge on any atom is -0.493 e. The average molecular weight is 378 g/mol. The third-order valence-electron chi connectivity index (χ3n) is 4.67. The number of methoxy groups -OCH3 is 2. The van der Waals surface area contributed by atoms with Gasteiger partial charge < -0.3 is 24.4 Å². The van der Waals surface area contributed by atoms with Crippen molar-refractivity contribution in [2.24, 2.45) is 5.92 Å². The van der Waals surface area contributed by atoms with Gasteiger partial charge in [-0.15, -0.1) is 0 Å². The van der Waals surface area contributed by atoms with E-state index in [-0.39, 0.29) is 24.2 Å². The van der Waals surface area contributed by atoms with Crippen molar-refractivity contribution in [3.8, 4) is 11.5 Å². The predicted molar refractivity (Wildman–Crippen MR) is 102 cm³/mol. The highest BCUT2D eigenvalue weighted by Crippen LogP contribution is 2.28. The molecule has 0 bridgehead atoms. The van der Waals surface area contributed by atoms with Crippen molar-refractivity contribution in [3.05, 3.63) is 23.8 Å². The van der Waals surface area contributed by atoms with Gasteiger partial charge in [-0.25, -0.2) is 0 Å². The Labute approximate surface area is 161 Å². The van der Waals surface area contributed by atoms with Gasteiger partial charge in [0.15, 0.2) is 11.5 Å². The number of carbonyl (C=O) groups excluding carboxylic acids is 2. The van der Waals surface area contributed by atoms with E-state index in [1.54, 1.807) is 19.1 Å². The fraction of sp³-hybridized carbons (Fsp3) is 0.600. The summed E-state index contributed by atoms with van der Waals surface area (Å²) in [5.41, 5.74) is 1.06. The Morgan fingerprint density at radius 2 is 2.04 bits per heavy atom. The van der Waals surface area contributed by atoms with Crippen LogP contribution < -0.4 is 14.8 Å². The van der Waals surface area contributed by atoms with Crippen molar-refractivity contribution in [2.45, 2.75) is 26.2 Å². The summed E-state index contributed by atoms with van der Waals surface area (Å²) in [5, 5.41) is 2.90. The zero-order valence-electron chi connectivity index (χ0n) is 16.5. The Hall–Kier alpha value is -2.28. The van der Waals surface area contributed by atoms with Crippen molar-refractivity contribution < 1.29 is 23.8 Å². The van der Waals surface area contributed by atoms with Gasteiger partial charge in [-0.3, -0.25) is 9.59 Å². The van der Waals surface area contributed by atoms with Crippen molar-refractivity contribution in [1.82, 2.24) is 10.2 Å². The summed E-state index contributed by atoms with van der Waals surface area (Å²) in [6.45, 7) is 4.90. The summed E-state index contributed by atoms with van der Waals surface area (Å²) in [6.07, 6.45) is 1.77. The number of nitrogens with one attached hydrogen (secondary N) is 1. The van der Waals surface area contributed by atoms with Crippen LogP contribution in [-0.4, -0.2) is 63.8 Å². The Morgan fingerprint density at radius 1 is 1.26 bits per heavy atom. The molecule has 1 aromatic rings. The highest BCUT2D eigenvalue weighted by atomic mass is 16.5. The Kier molecular flexibility index (Phi) is 8.39. The first-order chi connectivity index (χ1) is 13.1. The molecule has 1 aliphatic heterocycles. The maximum absolute atomic E-state index is 12.2. The molecule has 0 unspecified atom stereocenters. The predicted octanol–water partition coefficient (Wildman–Crippen LogP) is 1.64. The fourth-order valence-corrected chi connectivity index (χ4v) is 3.14. The standard InChI is InChI=1S/C20H30N2O5/c1-4-27-11-5-9-21-20(24)16-13-19(23)22(14-16)10-8-15-6-7-17(25-2)18(12-15)26-3/h6-7,12,16H,4-5,8-11,13-14H2,1-3H3,(H,21,24)/t16-/m1/s1. The van der Waals surface area contributed by atoms with Crippen LogP contribution >= 0.6 is 0 Å². The summed E-state index contributed by atoms with van der Waals surface area (Å²) < 4.78 is 15.8. The highest BCUT2D eigenvalue weighted by molar-refractivity contribution is 5.89. The first kappa shape index (κ1) is 21.0. The third-order valence-corrected chi connectivity index (χ3v) is 4.67. The maximum atomic E-state index is 12.2. The van der Waals surface area contributed by atoms with Gasteiger partial charge in [0.2, 0.25) is 11.8 Å². The Morgan fingerprint density at radius 3 is 2.74 bits per heavy atom. The van der Waals surface area contributed by atoms with Crippen molar-refractivity contribution in [1.29, 1.82) is 0 Å². The van der Waals surface area contributed by atoms with Crippen LogP contribution in [0.3, 0.4) is 0 Å². The quantitative estimate of drug-likeness (QED) is 0.593. The van der Waals surface area contributed by atoms with Crippen LogP contribution in [0.4, 0.5) is 0 Å². The molecular formula is C20H30N2O5. The summed E-state index contributed by atoms with van der Waals surface area (Å²) >= 11 is 0. The number of rotatable bonds is 11. The molecule has 0 radical (unpaired) electrons. The second-order valence-electron chi connectivity index (χ2n) is 6.52. The van der Waals surface area contributed by atoms with Gasteiger partial charge >= 0.3 is 0 Å². The largest absolute Gasteiger partial charge is 0.493 e. The monoisotopic (exact) mass is 378 g/mol. The van der Waals surface area contributed by atoms with Crippen molar-refractivity contribution >= 4 is 11.8 Å². The smallest absolute Gasteiger partial charge is 0.225 e. The lowest BCUT2D eigenvalue weighted by Crippen LogP contribution is -2.34. The first-order valence-corrected chi connectivity index (χ1v) is 9.43. The Bertz CT molecular complexity index is 635. The summed E-state index contributed by atoms with van der Waals surface area (Å²) in [7, 11) is 3.20. The van der Waals surface area contributed by atoms with E-state index in [4.69, 9.17) is 14.2 Å². The number of hydrogen-bond acceptors (Lipinski definition) is 5. The van der Waals surface area contributed by atoms with Gasteiger partial charge in [0, 0.05) is 39.3 Å². The summed E-state index contributed by atoms with van der Waals surface area (Å²) in [5.74, 6) is 1.07. The zero-order chi connectivity index (χ0) is 19.6. The van der Waals surface area contributed by atoms with Crippen LogP contribution in [0, 0.1) is 5.92 Å². The molecule has 7 nitrogen and oxygen atoms in total. The van der Waals surface area contributed by atoms with Crippen molar-refractivity contribution in [3.63, 3.8) is 0 Å². The molecule has 27 heavy (non-hydrogen) atoms. The second-order valence-corrected chi connectivity index (χ2v) is 6.52. The van der Waals surface area contributed by atoms with E-state index in [0.717, 1.165) is 12.0 Å². The van der Waals surface area contributed by atoms with E-state index < -0.39 is 0 Å². The van der Waals surface area contributed by atoms with Crippen LogP contribution in [-0.2, 0) is 20.7 Å². The number of benzene rings is 1. The van der Waals surface area contributed by atoms with Gasteiger partial charge in [-0.05, 0) is 37.5 Å². The number of ether oxygens (including phenoxy) is 3. The number of carbonyl (C=O) groups is 2. The second kappa shape index (κ2) is 10.8. The topological polar surface area (TPSA) is 77.1 Å². The minimum absolute atomic E-state index is 0.0324. The molecule has 2 amide bonds. The van der Waals surface area contributed by atoms with Gasteiger partial charge in [0.25, 0.3) is 0 Å². The van der Waals surface area contributed by atoms with E-state index in [1.807, 2.05) is 25.1 Å². The molecule has 7 heteroatoms. The lowest BCUT2D eigenvalue weighted by molar-refractivity contribution is -0.129. The van der Waals surface area contributed by atoms with E-state index in [1.165, 1.54) is 0 Å². The molecule has 1 fully saturated rings. The van der Waals surface area contributed by atoms with Crippen LogP contribution in [0.2, 0.25) is 0 Å². The molecule has 1 N–H and O–H groups in total. The van der Waals surface area contributed by atoms with Crippen LogP contribution in [0.25, 0.3) is 0 Å². The van der Waals surface area contributed by atoms with E-state index in [0.29, 0.717) is 50.8 Å². The average Bonchev–Trinajstić information content (AvgIpc) is 3.06. The van der Waals surface area contributed by atoms with Gasteiger partial charge in [0.05, 0.1) is 20.1 Å². The van der Waals surface area contributed by atoms with Gasteiger partial charge in [0.1, 0.15) is 0 Å². The van der Waals surface area contributed by atoms with E-state index >= 15 is 0 Å². The number of nitrogens with zero attached hydrogens (tertiary/aromatic N) is 1. The molecule has 150 valence electrons. The molecule has 1 aromatic carbocycles.